The number of aliphatic hydroxyl groups excluding tert-OH is 1. The molecular formula is C14H20O2S. The van der Waals surface area contributed by atoms with Crippen LogP contribution in [0.2, 0.25) is 0 Å². The highest BCUT2D eigenvalue weighted by Gasteiger charge is 2.12. The molecule has 17 heavy (non-hydrogen) atoms. The smallest absolute Gasteiger partial charge is 0.0779 e. The van der Waals surface area contributed by atoms with Crippen molar-refractivity contribution < 1.29 is 9.32 Å². The van der Waals surface area contributed by atoms with Crippen molar-refractivity contribution in [2.24, 2.45) is 5.92 Å². The van der Waals surface area contributed by atoms with Crippen LogP contribution in [0.1, 0.15) is 26.3 Å². The van der Waals surface area contributed by atoms with Gasteiger partial charge in [-0.2, -0.15) is 0 Å². The third kappa shape index (κ3) is 4.10. The second kappa shape index (κ2) is 6.12. The molecule has 0 radical (unpaired) electrons. The molecule has 0 aromatic heterocycles. The molecule has 3 heteroatoms. The molecule has 2 atom stereocenters. The van der Waals surface area contributed by atoms with Crippen LogP contribution in [-0.4, -0.2) is 15.4 Å². The molecule has 0 saturated heterocycles. The zero-order valence-corrected chi connectivity index (χ0v) is 11.6. The maximum atomic E-state index is 12.0. The van der Waals surface area contributed by atoms with Crippen molar-refractivity contribution in [2.45, 2.75) is 38.7 Å². The lowest BCUT2D eigenvalue weighted by atomic mass is 10.0. The number of rotatable bonds is 4. The molecule has 1 aromatic carbocycles. The second-order valence-corrected chi connectivity index (χ2v) is 5.96. The first-order valence-electron chi connectivity index (χ1n) is 5.75. The summed E-state index contributed by atoms with van der Waals surface area (Å²) in [5.41, 5.74) is 1.91. The summed E-state index contributed by atoms with van der Waals surface area (Å²) in [7, 11) is -1.18. The Balaban J connectivity index is 2.84. The fraction of sp³-hybridized carbons (Fsp3) is 0.429. The van der Waals surface area contributed by atoms with Crippen molar-refractivity contribution in [1.29, 1.82) is 0 Å². The highest BCUT2D eigenvalue weighted by Crippen LogP contribution is 2.15. The topological polar surface area (TPSA) is 37.3 Å². The van der Waals surface area contributed by atoms with E-state index in [1.807, 2.05) is 52.0 Å². The van der Waals surface area contributed by atoms with Crippen LogP contribution < -0.4 is 0 Å². The van der Waals surface area contributed by atoms with Gasteiger partial charge < -0.3 is 5.11 Å². The summed E-state index contributed by atoms with van der Waals surface area (Å²) >= 11 is 0. The lowest BCUT2D eigenvalue weighted by Gasteiger charge is -2.14. The van der Waals surface area contributed by atoms with Crippen LogP contribution in [-0.2, 0) is 10.8 Å². The molecule has 94 valence electrons. The molecule has 0 aliphatic carbocycles. The summed E-state index contributed by atoms with van der Waals surface area (Å²) in [6, 6.07) is 7.60. The Hall–Kier alpha value is -0.930. The lowest BCUT2D eigenvalue weighted by Crippen LogP contribution is -2.16. The van der Waals surface area contributed by atoms with Gasteiger partial charge in [0.1, 0.15) is 0 Å². The average Bonchev–Trinajstić information content (AvgIpc) is 2.28. The molecule has 1 N–H and O–H groups in total. The summed E-state index contributed by atoms with van der Waals surface area (Å²) in [4.78, 5) is 0.769. The molecule has 0 aliphatic heterocycles. The first kappa shape index (κ1) is 14.1. The second-order valence-electron chi connectivity index (χ2n) is 4.66. The first-order valence-corrected chi connectivity index (χ1v) is 6.96. The van der Waals surface area contributed by atoms with E-state index in [0.717, 1.165) is 16.0 Å². The van der Waals surface area contributed by atoms with E-state index in [1.165, 1.54) is 0 Å². The number of aliphatic hydroxyl groups is 1. The van der Waals surface area contributed by atoms with E-state index in [-0.39, 0.29) is 5.92 Å². The molecular weight excluding hydrogens is 232 g/mol. The SMILES string of the molecule is C/C(=C/[S@@](=O)c1ccc(C)cc1)[C@H](O)C(C)C. The van der Waals surface area contributed by atoms with E-state index in [4.69, 9.17) is 0 Å². The van der Waals surface area contributed by atoms with E-state index in [0.29, 0.717) is 0 Å². The Bertz CT molecular complexity index is 418. The first-order chi connectivity index (χ1) is 7.91. The fourth-order valence-electron chi connectivity index (χ4n) is 1.50. The van der Waals surface area contributed by atoms with E-state index in [1.54, 1.807) is 5.41 Å². The van der Waals surface area contributed by atoms with Gasteiger partial charge in [-0.05, 0) is 37.5 Å². The van der Waals surface area contributed by atoms with Gasteiger partial charge in [-0.1, -0.05) is 31.5 Å². The van der Waals surface area contributed by atoms with Gasteiger partial charge in [0.15, 0.2) is 0 Å². The minimum Gasteiger partial charge on any atom is -0.388 e. The van der Waals surface area contributed by atoms with Crippen LogP contribution >= 0.6 is 0 Å². The molecule has 0 saturated carbocycles. The predicted octanol–water partition coefficient (Wildman–Crippen LogP) is 3.02. The quantitative estimate of drug-likeness (QED) is 0.894. The number of hydrogen-bond acceptors (Lipinski definition) is 2. The van der Waals surface area contributed by atoms with Gasteiger partial charge in [-0.15, -0.1) is 0 Å². The van der Waals surface area contributed by atoms with Gasteiger partial charge in [0.2, 0.25) is 0 Å². The Kier molecular flexibility index (Phi) is 5.09. The summed E-state index contributed by atoms with van der Waals surface area (Å²) in [6.45, 7) is 7.70. The molecule has 0 amide bonds. The Morgan fingerprint density at radius 2 is 1.82 bits per heavy atom. The number of hydrogen-bond donors (Lipinski definition) is 1. The number of aryl methyl sites for hydroxylation is 1. The van der Waals surface area contributed by atoms with E-state index >= 15 is 0 Å². The molecule has 0 bridgehead atoms. The van der Waals surface area contributed by atoms with Crippen molar-refractivity contribution in [3.8, 4) is 0 Å². The minimum atomic E-state index is -1.18. The van der Waals surface area contributed by atoms with Crippen LogP contribution in [0, 0.1) is 12.8 Å². The maximum Gasteiger partial charge on any atom is 0.0779 e. The number of benzene rings is 1. The van der Waals surface area contributed by atoms with E-state index < -0.39 is 16.9 Å². The highest BCUT2D eigenvalue weighted by molar-refractivity contribution is 7.88. The average molecular weight is 252 g/mol. The summed E-state index contributed by atoms with van der Waals surface area (Å²) in [5, 5.41) is 11.5. The van der Waals surface area contributed by atoms with Gasteiger partial charge in [-0.25, -0.2) is 4.21 Å². The standard InChI is InChI=1S/C14H20O2S/c1-10(2)14(15)12(4)9-17(16)13-7-5-11(3)6-8-13/h5-10,14-15H,1-4H3/b12-9-/t14-,17-/m1/s1. The molecule has 0 fully saturated rings. The summed E-state index contributed by atoms with van der Waals surface area (Å²) in [6.07, 6.45) is -0.524. The van der Waals surface area contributed by atoms with Crippen LogP contribution in [0.4, 0.5) is 0 Å². The van der Waals surface area contributed by atoms with Crippen LogP contribution in [0.25, 0.3) is 0 Å². The normalized spacial score (nSPS) is 16.0. The maximum absolute atomic E-state index is 12.0. The predicted molar refractivity (Wildman–Crippen MR) is 72.2 cm³/mol. The van der Waals surface area contributed by atoms with Crippen LogP contribution in [0.3, 0.4) is 0 Å². The zero-order valence-electron chi connectivity index (χ0n) is 10.8. The minimum absolute atomic E-state index is 0.140. The van der Waals surface area contributed by atoms with Crippen molar-refractivity contribution in [1.82, 2.24) is 0 Å². The molecule has 1 aromatic rings. The Morgan fingerprint density at radius 1 is 1.29 bits per heavy atom. The van der Waals surface area contributed by atoms with Gasteiger partial charge in [0.05, 0.1) is 16.9 Å². The van der Waals surface area contributed by atoms with Crippen molar-refractivity contribution >= 4 is 10.8 Å². The monoisotopic (exact) mass is 252 g/mol. The van der Waals surface area contributed by atoms with Crippen molar-refractivity contribution in [2.75, 3.05) is 0 Å². The molecule has 0 heterocycles. The van der Waals surface area contributed by atoms with Crippen LogP contribution in [0.5, 0.6) is 0 Å². The summed E-state index contributed by atoms with van der Waals surface area (Å²) < 4.78 is 12.0. The van der Waals surface area contributed by atoms with Crippen molar-refractivity contribution in [3.05, 3.63) is 40.8 Å². The van der Waals surface area contributed by atoms with E-state index in [2.05, 4.69) is 0 Å². The molecule has 0 spiro atoms. The third-order valence-corrected chi connectivity index (χ3v) is 3.97. The van der Waals surface area contributed by atoms with Crippen molar-refractivity contribution in [3.63, 3.8) is 0 Å². The molecule has 0 aliphatic rings. The Labute approximate surface area is 106 Å². The lowest BCUT2D eigenvalue weighted by molar-refractivity contribution is 0.160. The largest absolute Gasteiger partial charge is 0.388 e. The van der Waals surface area contributed by atoms with Gasteiger partial charge in [0.25, 0.3) is 0 Å². The summed E-state index contributed by atoms with van der Waals surface area (Å²) in [5.74, 6) is 0.140. The Morgan fingerprint density at radius 3 is 2.29 bits per heavy atom. The van der Waals surface area contributed by atoms with Gasteiger partial charge in [-0.3, -0.25) is 0 Å². The fourth-order valence-corrected chi connectivity index (χ4v) is 2.52. The molecule has 0 unspecified atom stereocenters. The molecule has 1 rings (SSSR count). The highest BCUT2D eigenvalue weighted by atomic mass is 32.2. The zero-order chi connectivity index (χ0) is 13.0. The van der Waals surface area contributed by atoms with E-state index in [9.17, 15) is 9.32 Å². The van der Waals surface area contributed by atoms with Gasteiger partial charge >= 0.3 is 0 Å². The van der Waals surface area contributed by atoms with Crippen LogP contribution in [0.15, 0.2) is 40.1 Å². The van der Waals surface area contributed by atoms with Gasteiger partial charge in [0, 0.05) is 10.3 Å². The third-order valence-electron chi connectivity index (χ3n) is 2.64. The molecule has 2 nitrogen and oxygen atoms in total.